The fraction of sp³-hybridized carbons (Fsp3) is 0.562. The molecular weight excluding hydrogens is 607 g/mol. The van der Waals surface area contributed by atoms with Crippen molar-refractivity contribution in [1.29, 1.82) is 0 Å². The van der Waals surface area contributed by atoms with Crippen LogP contribution in [0.5, 0.6) is 0 Å². The summed E-state index contributed by atoms with van der Waals surface area (Å²) in [4.78, 5) is 31.2. The predicted octanol–water partition coefficient (Wildman–Crippen LogP) is 7.50. The Morgan fingerprint density at radius 1 is 0.867 bits per heavy atom. The Bertz CT molecular complexity index is 1360. The third-order valence-corrected chi connectivity index (χ3v) is 8.50. The zero-order valence-electron chi connectivity index (χ0n) is 25.9. The van der Waals surface area contributed by atoms with E-state index in [4.69, 9.17) is 4.74 Å². The van der Waals surface area contributed by atoms with Gasteiger partial charge in [0.2, 0.25) is 0 Å². The van der Waals surface area contributed by atoms with Gasteiger partial charge in [-0.05, 0) is 82.3 Å². The number of carbonyl (C=O) groups is 2. The topological polar surface area (TPSA) is 53.1 Å². The number of alkyl halides is 6. The quantitative estimate of drug-likeness (QED) is 0.323. The summed E-state index contributed by atoms with van der Waals surface area (Å²) in [5.41, 5.74) is -3.39. The number of benzene rings is 2. The highest BCUT2D eigenvalue weighted by Gasteiger charge is 2.41. The minimum absolute atomic E-state index is 0.00647. The third-order valence-electron chi connectivity index (χ3n) is 8.50. The van der Waals surface area contributed by atoms with Crippen molar-refractivity contribution >= 4 is 12.0 Å². The van der Waals surface area contributed by atoms with Crippen molar-refractivity contribution in [2.24, 2.45) is 0 Å². The highest BCUT2D eigenvalue weighted by molar-refractivity contribution is 5.95. The van der Waals surface area contributed by atoms with Crippen molar-refractivity contribution in [2.75, 3.05) is 33.2 Å². The summed E-state index contributed by atoms with van der Waals surface area (Å²) in [5.74, 6) is -1.81. The lowest BCUT2D eigenvalue weighted by molar-refractivity contribution is -0.143. The molecule has 248 valence electrons. The van der Waals surface area contributed by atoms with Gasteiger partial charge < -0.3 is 14.5 Å². The van der Waals surface area contributed by atoms with Gasteiger partial charge in [-0.1, -0.05) is 12.1 Å². The number of rotatable bonds is 4. The van der Waals surface area contributed by atoms with Gasteiger partial charge >= 0.3 is 18.4 Å². The molecule has 13 heteroatoms. The van der Waals surface area contributed by atoms with Crippen molar-refractivity contribution < 1.29 is 45.1 Å². The lowest BCUT2D eigenvalue weighted by Gasteiger charge is -2.47. The van der Waals surface area contributed by atoms with Crippen LogP contribution >= 0.6 is 0 Å². The first-order valence-electron chi connectivity index (χ1n) is 14.8. The molecule has 2 aliphatic heterocycles. The van der Waals surface area contributed by atoms with E-state index in [0.717, 1.165) is 0 Å². The fourth-order valence-corrected chi connectivity index (χ4v) is 6.16. The third kappa shape index (κ3) is 8.28. The molecule has 2 aromatic carbocycles. The van der Waals surface area contributed by atoms with Gasteiger partial charge in [-0.2, -0.15) is 26.3 Å². The first-order valence-corrected chi connectivity index (χ1v) is 14.8. The molecule has 0 saturated carbocycles. The van der Waals surface area contributed by atoms with Crippen LogP contribution in [0.15, 0.2) is 36.4 Å². The van der Waals surface area contributed by atoms with E-state index in [1.807, 2.05) is 0 Å². The van der Waals surface area contributed by atoms with Gasteiger partial charge in [0, 0.05) is 56.8 Å². The normalized spacial score (nSPS) is 20.7. The molecule has 2 aliphatic rings. The number of amides is 2. The molecular formula is C32H38F7N3O3. The maximum Gasteiger partial charge on any atom is 0.416 e. The van der Waals surface area contributed by atoms with Crippen LogP contribution in [-0.4, -0.2) is 77.6 Å². The monoisotopic (exact) mass is 645 g/mol. The van der Waals surface area contributed by atoms with E-state index < -0.39 is 58.3 Å². The first-order chi connectivity index (χ1) is 20.7. The Kier molecular flexibility index (Phi) is 9.82. The molecule has 2 fully saturated rings. The molecule has 2 aromatic rings. The summed E-state index contributed by atoms with van der Waals surface area (Å²) in [5, 5.41) is 0. The minimum Gasteiger partial charge on any atom is -0.444 e. The van der Waals surface area contributed by atoms with Crippen LogP contribution in [0.3, 0.4) is 0 Å². The van der Waals surface area contributed by atoms with Crippen molar-refractivity contribution in [2.45, 2.75) is 82.9 Å². The van der Waals surface area contributed by atoms with Gasteiger partial charge in [0.15, 0.2) is 0 Å². The fourth-order valence-electron chi connectivity index (χ4n) is 6.16. The number of halogens is 7. The van der Waals surface area contributed by atoms with Crippen molar-refractivity contribution in [1.82, 2.24) is 14.7 Å². The average molecular weight is 646 g/mol. The first kappa shape index (κ1) is 34.5. The van der Waals surface area contributed by atoms with Gasteiger partial charge in [-0.15, -0.1) is 0 Å². The van der Waals surface area contributed by atoms with Crippen LogP contribution in [0.25, 0.3) is 0 Å². The molecule has 0 N–H and O–H groups in total. The highest BCUT2D eigenvalue weighted by atomic mass is 19.4. The molecule has 2 saturated heterocycles. The standard InChI is InChI=1S/C32H38F7N3O3/c1-19-14-20(6-7-26(19)33)25-18-42(24-8-11-41(12-9-24)29(44)45-30(2,3)4)13-10-27(25)40(5)28(43)21-15-22(31(34,35)36)17-23(16-21)32(37,38)39/h6-7,14-17,24-25,27H,8-13,18H2,1-5H3/t25-,27+/m0/s1. The average Bonchev–Trinajstić information content (AvgIpc) is 2.95. The van der Waals surface area contributed by atoms with E-state index >= 15 is 0 Å². The summed E-state index contributed by atoms with van der Waals surface area (Å²) in [6.07, 6.45) is -8.86. The Morgan fingerprint density at radius 3 is 1.96 bits per heavy atom. The van der Waals surface area contributed by atoms with Crippen LogP contribution in [0, 0.1) is 12.7 Å². The van der Waals surface area contributed by atoms with E-state index in [2.05, 4.69) is 4.90 Å². The second-order valence-electron chi connectivity index (χ2n) is 12.9. The smallest absolute Gasteiger partial charge is 0.416 e. The Hall–Kier alpha value is -3.35. The van der Waals surface area contributed by atoms with Crippen molar-refractivity contribution in [3.8, 4) is 0 Å². The molecule has 45 heavy (non-hydrogen) atoms. The van der Waals surface area contributed by atoms with Gasteiger partial charge in [0.1, 0.15) is 11.4 Å². The van der Waals surface area contributed by atoms with E-state index in [1.54, 1.807) is 44.7 Å². The van der Waals surface area contributed by atoms with E-state index in [-0.39, 0.29) is 18.2 Å². The van der Waals surface area contributed by atoms with Gasteiger partial charge in [-0.25, -0.2) is 9.18 Å². The molecule has 0 aromatic heterocycles. The minimum atomic E-state index is -5.09. The Labute approximate surface area is 258 Å². The number of hydrogen-bond acceptors (Lipinski definition) is 4. The van der Waals surface area contributed by atoms with Crippen molar-refractivity contribution in [3.63, 3.8) is 0 Å². The number of nitrogens with zero attached hydrogens (tertiary/aromatic N) is 3. The maximum absolute atomic E-state index is 14.2. The van der Waals surface area contributed by atoms with E-state index in [9.17, 15) is 40.3 Å². The second-order valence-corrected chi connectivity index (χ2v) is 12.9. The largest absolute Gasteiger partial charge is 0.444 e. The molecule has 6 nitrogen and oxygen atoms in total. The molecule has 2 heterocycles. The van der Waals surface area contributed by atoms with Crippen LogP contribution in [0.4, 0.5) is 35.5 Å². The zero-order chi connectivity index (χ0) is 33.5. The lowest BCUT2D eigenvalue weighted by atomic mass is 9.83. The maximum atomic E-state index is 14.2. The molecule has 0 radical (unpaired) electrons. The number of ether oxygens (including phenoxy) is 1. The van der Waals surface area contributed by atoms with E-state index in [1.165, 1.54) is 18.0 Å². The molecule has 4 rings (SSSR count). The molecule has 0 bridgehead atoms. The number of aryl methyl sites for hydroxylation is 1. The number of carbonyl (C=O) groups excluding carboxylic acids is 2. The van der Waals surface area contributed by atoms with Crippen LogP contribution in [0.2, 0.25) is 0 Å². The Balaban J connectivity index is 1.59. The molecule has 0 spiro atoms. The van der Waals surface area contributed by atoms with Crippen LogP contribution in [-0.2, 0) is 17.1 Å². The molecule has 2 atom stereocenters. The van der Waals surface area contributed by atoms with Crippen molar-refractivity contribution in [3.05, 3.63) is 70.0 Å². The molecule has 0 unspecified atom stereocenters. The Morgan fingerprint density at radius 2 is 1.44 bits per heavy atom. The number of likely N-dealkylation sites (tertiary alicyclic amines) is 2. The molecule has 2 amide bonds. The van der Waals surface area contributed by atoms with Gasteiger partial charge in [0.25, 0.3) is 5.91 Å². The predicted molar refractivity (Wildman–Crippen MR) is 153 cm³/mol. The van der Waals surface area contributed by atoms with Gasteiger partial charge in [0.05, 0.1) is 11.1 Å². The lowest BCUT2D eigenvalue weighted by Crippen LogP contribution is -2.55. The van der Waals surface area contributed by atoms with Gasteiger partial charge in [-0.3, -0.25) is 9.69 Å². The zero-order valence-corrected chi connectivity index (χ0v) is 25.9. The second kappa shape index (κ2) is 12.8. The number of piperidine rings is 2. The van der Waals surface area contributed by atoms with Crippen LogP contribution < -0.4 is 0 Å². The summed E-state index contributed by atoms with van der Waals surface area (Å²) < 4.78 is 101. The number of hydrogen-bond donors (Lipinski definition) is 0. The van der Waals surface area contributed by atoms with E-state index in [0.29, 0.717) is 68.7 Å². The molecule has 0 aliphatic carbocycles. The summed E-state index contributed by atoms with van der Waals surface area (Å²) in [6, 6.07) is 4.94. The summed E-state index contributed by atoms with van der Waals surface area (Å²) in [7, 11) is 1.37. The number of likely N-dealkylation sites (N-methyl/N-ethyl adjacent to an activating group) is 1. The summed E-state index contributed by atoms with van der Waals surface area (Å²) in [6.45, 7) is 8.87. The SMILES string of the molecule is Cc1cc([C@@H]2CN(C3CCN(C(=O)OC(C)(C)C)CC3)CC[C@H]2N(C)C(=O)c2cc(C(F)(F)F)cc(C(F)(F)F)c2)ccc1F. The highest BCUT2D eigenvalue weighted by Crippen LogP contribution is 2.38. The van der Waals surface area contributed by atoms with Crippen LogP contribution in [0.1, 0.15) is 78.6 Å². The summed E-state index contributed by atoms with van der Waals surface area (Å²) >= 11 is 0.